The Balaban J connectivity index is 1.66. The van der Waals surface area contributed by atoms with Crippen molar-refractivity contribution >= 4 is 11.9 Å². The summed E-state index contributed by atoms with van der Waals surface area (Å²) >= 11 is 0. The average molecular weight is 591 g/mol. The van der Waals surface area contributed by atoms with Crippen LogP contribution in [0, 0.1) is 0 Å². The van der Waals surface area contributed by atoms with Crippen molar-refractivity contribution < 1.29 is 61.7 Å². The molecular weight excluding hydrogens is 544 g/mol. The van der Waals surface area contributed by atoms with Crippen molar-refractivity contribution in [2.24, 2.45) is 0 Å². The normalized spacial score (nSPS) is 11.0. The number of hydrogen-bond acceptors (Lipinski definition) is 13. The number of ether oxygens (including phenoxy) is 11. The van der Waals surface area contributed by atoms with E-state index in [2.05, 4.69) is 4.74 Å². The monoisotopic (exact) mass is 590 g/mol. The summed E-state index contributed by atoms with van der Waals surface area (Å²) in [4.78, 5) is 22.6. The van der Waals surface area contributed by atoms with Crippen LogP contribution in [0.5, 0.6) is 0 Å². The summed E-state index contributed by atoms with van der Waals surface area (Å²) in [6.07, 6.45) is 0. The Morgan fingerprint density at radius 1 is 0.463 bits per heavy atom. The lowest BCUT2D eigenvalue weighted by atomic mass is 10.2. The fraction of sp³-hybridized carbons (Fsp3) is 0.714. The first-order valence-electron chi connectivity index (χ1n) is 13.7. The molecule has 41 heavy (non-hydrogen) atoms. The topological polar surface area (TPSA) is 136 Å². The number of esters is 2. The van der Waals surface area contributed by atoms with Gasteiger partial charge in [-0.05, 0) is 12.1 Å². The number of methoxy groups -OCH3 is 1. The van der Waals surface area contributed by atoms with Crippen molar-refractivity contribution in [2.45, 2.75) is 0 Å². The van der Waals surface area contributed by atoms with E-state index in [0.717, 1.165) is 0 Å². The van der Waals surface area contributed by atoms with E-state index < -0.39 is 5.97 Å². The predicted molar refractivity (Wildman–Crippen MR) is 146 cm³/mol. The van der Waals surface area contributed by atoms with E-state index in [0.29, 0.717) is 118 Å². The largest absolute Gasteiger partial charge is 0.467 e. The van der Waals surface area contributed by atoms with Gasteiger partial charge >= 0.3 is 11.9 Å². The molecule has 1 aromatic carbocycles. The van der Waals surface area contributed by atoms with Crippen LogP contribution in [0.3, 0.4) is 0 Å². The molecule has 236 valence electrons. The lowest BCUT2D eigenvalue weighted by molar-refractivity contribution is -0.146. The van der Waals surface area contributed by atoms with Crippen molar-refractivity contribution in [1.82, 2.24) is 0 Å². The maximum Gasteiger partial charge on any atom is 0.338 e. The summed E-state index contributed by atoms with van der Waals surface area (Å²) in [5.41, 5.74) is 0.522. The molecule has 0 aliphatic carbocycles. The zero-order valence-corrected chi connectivity index (χ0v) is 24.1. The molecule has 1 aromatic rings. The van der Waals surface area contributed by atoms with Gasteiger partial charge in [-0.15, -0.1) is 0 Å². The van der Waals surface area contributed by atoms with Crippen molar-refractivity contribution in [1.29, 1.82) is 0 Å². The first kappa shape index (κ1) is 36.8. The SMILES string of the molecule is COC(=O)COCCOCCOCCOCCOCCOCCOCCOCCOCCOC(=O)c1ccccc1. The molecule has 0 atom stereocenters. The molecule has 13 nitrogen and oxygen atoms in total. The van der Waals surface area contributed by atoms with Crippen LogP contribution in [0.2, 0.25) is 0 Å². The third-order valence-electron chi connectivity index (χ3n) is 4.89. The molecule has 0 N–H and O–H groups in total. The molecule has 0 bridgehead atoms. The summed E-state index contributed by atoms with van der Waals surface area (Å²) in [7, 11) is 1.31. The van der Waals surface area contributed by atoms with Crippen molar-refractivity contribution in [3.63, 3.8) is 0 Å². The molecule has 1 rings (SSSR count). The Labute approximate surface area is 242 Å². The molecule has 0 spiro atoms. The Bertz CT molecular complexity index is 720. The van der Waals surface area contributed by atoms with Crippen LogP contribution in [-0.4, -0.2) is 145 Å². The van der Waals surface area contributed by atoms with Gasteiger partial charge < -0.3 is 52.1 Å². The number of rotatable bonds is 30. The minimum atomic E-state index is -0.411. The second kappa shape index (κ2) is 29.3. The van der Waals surface area contributed by atoms with Crippen LogP contribution < -0.4 is 0 Å². The van der Waals surface area contributed by atoms with Crippen LogP contribution in [0.4, 0.5) is 0 Å². The van der Waals surface area contributed by atoms with Crippen LogP contribution in [0.1, 0.15) is 10.4 Å². The minimum absolute atomic E-state index is 0.0737. The van der Waals surface area contributed by atoms with Crippen LogP contribution in [0.25, 0.3) is 0 Å². The van der Waals surface area contributed by atoms with E-state index in [4.69, 9.17) is 47.4 Å². The lowest BCUT2D eigenvalue weighted by Crippen LogP contribution is -2.16. The number of benzene rings is 1. The zero-order valence-electron chi connectivity index (χ0n) is 24.1. The summed E-state index contributed by atoms with van der Waals surface area (Å²) in [5.74, 6) is -0.771. The molecule has 0 unspecified atom stereocenters. The number of carbonyl (C=O) groups excluding carboxylic acids is 2. The fourth-order valence-corrected chi connectivity index (χ4v) is 2.82. The first-order valence-corrected chi connectivity index (χ1v) is 13.7. The van der Waals surface area contributed by atoms with E-state index in [-0.39, 0.29) is 19.2 Å². The van der Waals surface area contributed by atoms with Gasteiger partial charge in [-0.3, -0.25) is 0 Å². The van der Waals surface area contributed by atoms with Gasteiger partial charge in [0.25, 0.3) is 0 Å². The Kier molecular flexibility index (Phi) is 26.3. The van der Waals surface area contributed by atoms with Crippen molar-refractivity contribution in [3.8, 4) is 0 Å². The predicted octanol–water partition coefficient (Wildman–Crippen LogP) is 1.17. The van der Waals surface area contributed by atoms with E-state index in [1.165, 1.54) is 7.11 Å². The van der Waals surface area contributed by atoms with Gasteiger partial charge in [0, 0.05) is 0 Å². The highest BCUT2D eigenvalue weighted by molar-refractivity contribution is 5.89. The standard InChI is InChI=1S/C28H46O13/c1-31-27(29)25-40-22-21-38-18-17-36-14-13-34-10-9-32-7-8-33-11-12-35-15-16-37-19-20-39-23-24-41-28(30)26-5-3-2-4-6-26/h2-6H,7-25H2,1H3. The van der Waals surface area contributed by atoms with E-state index in [1.54, 1.807) is 24.3 Å². The van der Waals surface area contributed by atoms with Crippen LogP contribution >= 0.6 is 0 Å². The molecule has 0 heterocycles. The first-order chi connectivity index (χ1) is 20.2. The fourth-order valence-electron chi connectivity index (χ4n) is 2.82. The van der Waals surface area contributed by atoms with Crippen molar-refractivity contribution in [2.75, 3.05) is 133 Å². The maximum absolute atomic E-state index is 11.8. The van der Waals surface area contributed by atoms with Gasteiger partial charge in [-0.2, -0.15) is 0 Å². The van der Waals surface area contributed by atoms with E-state index >= 15 is 0 Å². The summed E-state index contributed by atoms with van der Waals surface area (Å²) < 4.78 is 57.9. The minimum Gasteiger partial charge on any atom is -0.467 e. The van der Waals surface area contributed by atoms with Gasteiger partial charge in [-0.25, -0.2) is 9.59 Å². The molecule has 0 fully saturated rings. The molecule has 13 heteroatoms. The van der Waals surface area contributed by atoms with Gasteiger partial charge in [0.1, 0.15) is 13.2 Å². The zero-order chi connectivity index (χ0) is 29.5. The molecule has 0 radical (unpaired) electrons. The average Bonchev–Trinajstić information content (AvgIpc) is 3.00. The molecule has 0 amide bonds. The summed E-state index contributed by atoms with van der Waals surface area (Å²) in [6, 6.07) is 8.83. The highest BCUT2D eigenvalue weighted by atomic mass is 16.6. The molecule has 0 aliphatic rings. The highest BCUT2D eigenvalue weighted by Crippen LogP contribution is 2.00. The quantitative estimate of drug-likeness (QED) is 0.0938. The summed E-state index contributed by atoms with van der Waals surface area (Å²) in [5, 5.41) is 0. The van der Waals surface area contributed by atoms with Crippen LogP contribution in [0.15, 0.2) is 30.3 Å². The lowest BCUT2D eigenvalue weighted by Gasteiger charge is -2.09. The van der Waals surface area contributed by atoms with Gasteiger partial charge in [0.05, 0.1) is 125 Å². The van der Waals surface area contributed by atoms with Gasteiger partial charge in [0.2, 0.25) is 0 Å². The molecule has 0 aliphatic heterocycles. The highest BCUT2D eigenvalue weighted by Gasteiger charge is 2.05. The molecule has 0 saturated heterocycles. The summed E-state index contributed by atoms with van der Waals surface area (Å²) in [6.45, 7) is 7.66. The second-order valence-electron chi connectivity index (χ2n) is 8.03. The maximum atomic E-state index is 11.8. The van der Waals surface area contributed by atoms with Gasteiger partial charge in [-0.1, -0.05) is 18.2 Å². The Morgan fingerprint density at radius 2 is 0.780 bits per heavy atom. The van der Waals surface area contributed by atoms with Gasteiger partial charge in [0.15, 0.2) is 0 Å². The molecular formula is C28H46O13. The Morgan fingerprint density at radius 3 is 1.12 bits per heavy atom. The number of carbonyl (C=O) groups is 2. The number of hydrogen-bond donors (Lipinski definition) is 0. The smallest absolute Gasteiger partial charge is 0.338 e. The molecule has 0 aromatic heterocycles. The molecule has 0 saturated carbocycles. The van der Waals surface area contributed by atoms with Crippen molar-refractivity contribution in [3.05, 3.63) is 35.9 Å². The van der Waals surface area contributed by atoms with Crippen LogP contribution in [-0.2, 0) is 56.9 Å². The third-order valence-corrected chi connectivity index (χ3v) is 4.89. The second-order valence-corrected chi connectivity index (χ2v) is 8.03. The third kappa shape index (κ3) is 25.3. The Hall–Kier alpha value is -2.20. The van der Waals surface area contributed by atoms with E-state index in [1.807, 2.05) is 6.07 Å². The van der Waals surface area contributed by atoms with E-state index in [9.17, 15) is 9.59 Å².